The molecule has 0 bridgehead atoms. The second-order valence-electron chi connectivity index (χ2n) is 5.23. The Balaban J connectivity index is 1.92. The standard InChI is InChI=1S/C18H18O4/c1-12-16-7-2-3-8-17(16)22-18(12)13-5-4-6-15(9-13)21-11-14(20)10-19/h2-9,14,19-20H,10-11H2,1H3. The van der Waals surface area contributed by atoms with Crippen molar-refractivity contribution in [2.45, 2.75) is 13.0 Å². The molecule has 1 aromatic heterocycles. The van der Waals surface area contributed by atoms with Gasteiger partial charge in [-0.2, -0.15) is 0 Å². The van der Waals surface area contributed by atoms with E-state index in [9.17, 15) is 5.11 Å². The maximum atomic E-state index is 9.35. The number of rotatable bonds is 5. The summed E-state index contributed by atoms with van der Waals surface area (Å²) in [6.45, 7) is 1.77. The van der Waals surface area contributed by atoms with Gasteiger partial charge in [-0.15, -0.1) is 0 Å². The molecular formula is C18H18O4. The average Bonchev–Trinajstić information content (AvgIpc) is 2.90. The normalized spacial score (nSPS) is 12.5. The fraction of sp³-hybridized carbons (Fsp3) is 0.222. The molecule has 0 fully saturated rings. The van der Waals surface area contributed by atoms with Gasteiger partial charge in [0, 0.05) is 16.5 Å². The molecule has 0 aliphatic rings. The number of fused-ring (bicyclic) bond motifs is 1. The number of para-hydroxylation sites is 1. The van der Waals surface area contributed by atoms with Crippen LogP contribution in [0.4, 0.5) is 0 Å². The summed E-state index contributed by atoms with van der Waals surface area (Å²) in [7, 11) is 0. The number of aliphatic hydroxyl groups excluding tert-OH is 2. The van der Waals surface area contributed by atoms with Crippen molar-refractivity contribution in [3.05, 3.63) is 54.1 Å². The lowest BCUT2D eigenvalue weighted by Crippen LogP contribution is -2.21. The van der Waals surface area contributed by atoms with E-state index in [1.807, 2.05) is 55.5 Å². The maximum absolute atomic E-state index is 9.35. The van der Waals surface area contributed by atoms with Gasteiger partial charge in [0.2, 0.25) is 0 Å². The van der Waals surface area contributed by atoms with Crippen molar-refractivity contribution in [2.75, 3.05) is 13.2 Å². The minimum atomic E-state index is -0.878. The zero-order valence-electron chi connectivity index (χ0n) is 12.3. The Morgan fingerprint density at radius 3 is 2.73 bits per heavy atom. The van der Waals surface area contributed by atoms with Crippen LogP contribution in [0.2, 0.25) is 0 Å². The quantitative estimate of drug-likeness (QED) is 0.759. The number of hydrogen-bond acceptors (Lipinski definition) is 4. The molecule has 0 saturated heterocycles. The van der Waals surface area contributed by atoms with Crippen LogP contribution in [0.15, 0.2) is 52.9 Å². The van der Waals surface area contributed by atoms with Gasteiger partial charge in [0.25, 0.3) is 0 Å². The van der Waals surface area contributed by atoms with Crippen LogP contribution in [-0.2, 0) is 0 Å². The summed E-state index contributed by atoms with van der Waals surface area (Å²) in [5, 5.41) is 19.3. The Labute approximate surface area is 128 Å². The Bertz CT molecular complexity index is 776. The zero-order chi connectivity index (χ0) is 15.5. The van der Waals surface area contributed by atoms with E-state index in [-0.39, 0.29) is 13.2 Å². The number of ether oxygens (including phenoxy) is 1. The maximum Gasteiger partial charge on any atom is 0.138 e. The highest BCUT2D eigenvalue weighted by Gasteiger charge is 2.12. The van der Waals surface area contributed by atoms with Crippen LogP contribution < -0.4 is 4.74 Å². The summed E-state index contributed by atoms with van der Waals surface area (Å²) in [5.41, 5.74) is 2.87. The number of benzene rings is 2. The number of aliphatic hydroxyl groups is 2. The third-order valence-electron chi connectivity index (χ3n) is 3.59. The van der Waals surface area contributed by atoms with E-state index in [1.54, 1.807) is 0 Å². The van der Waals surface area contributed by atoms with Gasteiger partial charge in [-0.1, -0.05) is 30.3 Å². The molecule has 4 heteroatoms. The van der Waals surface area contributed by atoms with Crippen LogP contribution in [0.1, 0.15) is 5.56 Å². The lowest BCUT2D eigenvalue weighted by molar-refractivity contribution is 0.0536. The molecule has 1 unspecified atom stereocenters. The summed E-state index contributed by atoms with van der Waals surface area (Å²) in [5.74, 6) is 1.44. The van der Waals surface area contributed by atoms with E-state index in [2.05, 4.69) is 0 Å². The molecule has 22 heavy (non-hydrogen) atoms. The molecule has 2 aromatic carbocycles. The average molecular weight is 298 g/mol. The summed E-state index contributed by atoms with van der Waals surface area (Å²) >= 11 is 0. The molecule has 1 atom stereocenters. The molecule has 0 aliphatic heterocycles. The van der Waals surface area contributed by atoms with Crippen LogP contribution in [0, 0.1) is 6.92 Å². The van der Waals surface area contributed by atoms with E-state index in [1.165, 1.54) is 0 Å². The van der Waals surface area contributed by atoms with E-state index in [0.717, 1.165) is 27.9 Å². The summed E-state index contributed by atoms with van der Waals surface area (Å²) in [6.07, 6.45) is -0.878. The van der Waals surface area contributed by atoms with Gasteiger partial charge in [-0.05, 0) is 25.1 Å². The largest absolute Gasteiger partial charge is 0.491 e. The van der Waals surface area contributed by atoms with Crippen molar-refractivity contribution in [3.8, 4) is 17.1 Å². The lowest BCUT2D eigenvalue weighted by atomic mass is 10.1. The Hall–Kier alpha value is -2.30. The summed E-state index contributed by atoms with van der Waals surface area (Å²) in [6, 6.07) is 15.4. The molecule has 0 aliphatic carbocycles. The molecule has 114 valence electrons. The first-order valence-corrected chi connectivity index (χ1v) is 7.19. The first-order chi connectivity index (χ1) is 10.7. The Kier molecular flexibility index (Phi) is 4.13. The van der Waals surface area contributed by atoms with E-state index < -0.39 is 6.10 Å². The highest BCUT2D eigenvalue weighted by Crippen LogP contribution is 2.34. The number of aryl methyl sites for hydroxylation is 1. The lowest BCUT2D eigenvalue weighted by Gasteiger charge is -2.10. The zero-order valence-corrected chi connectivity index (χ0v) is 12.3. The third kappa shape index (κ3) is 2.84. The van der Waals surface area contributed by atoms with Crippen molar-refractivity contribution >= 4 is 11.0 Å². The highest BCUT2D eigenvalue weighted by atomic mass is 16.5. The topological polar surface area (TPSA) is 62.8 Å². The van der Waals surface area contributed by atoms with E-state index >= 15 is 0 Å². The first-order valence-electron chi connectivity index (χ1n) is 7.19. The Morgan fingerprint density at radius 1 is 1.14 bits per heavy atom. The van der Waals surface area contributed by atoms with E-state index in [4.69, 9.17) is 14.3 Å². The molecule has 4 nitrogen and oxygen atoms in total. The molecule has 0 saturated carbocycles. The van der Waals surface area contributed by atoms with Gasteiger partial charge < -0.3 is 19.4 Å². The Morgan fingerprint density at radius 2 is 1.95 bits per heavy atom. The van der Waals surface area contributed by atoms with Crippen molar-refractivity contribution < 1.29 is 19.4 Å². The molecule has 0 spiro atoms. The van der Waals surface area contributed by atoms with Gasteiger partial charge in [-0.3, -0.25) is 0 Å². The summed E-state index contributed by atoms with van der Waals surface area (Å²) < 4.78 is 11.4. The van der Waals surface area contributed by atoms with Crippen molar-refractivity contribution in [3.63, 3.8) is 0 Å². The van der Waals surface area contributed by atoms with Gasteiger partial charge in [-0.25, -0.2) is 0 Å². The molecule has 1 heterocycles. The minimum absolute atomic E-state index is 0.0546. The molecular weight excluding hydrogens is 280 g/mol. The van der Waals surface area contributed by atoms with Crippen LogP contribution in [0.25, 0.3) is 22.3 Å². The second-order valence-corrected chi connectivity index (χ2v) is 5.23. The van der Waals surface area contributed by atoms with Crippen molar-refractivity contribution in [1.82, 2.24) is 0 Å². The molecule has 3 rings (SSSR count). The molecule has 0 radical (unpaired) electrons. The van der Waals surface area contributed by atoms with E-state index in [0.29, 0.717) is 5.75 Å². The fourth-order valence-electron chi connectivity index (χ4n) is 2.42. The second kappa shape index (κ2) is 6.22. The minimum Gasteiger partial charge on any atom is -0.491 e. The fourth-order valence-corrected chi connectivity index (χ4v) is 2.42. The van der Waals surface area contributed by atoms with Gasteiger partial charge in [0.15, 0.2) is 0 Å². The van der Waals surface area contributed by atoms with Crippen molar-refractivity contribution in [2.24, 2.45) is 0 Å². The monoisotopic (exact) mass is 298 g/mol. The van der Waals surface area contributed by atoms with Gasteiger partial charge >= 0.3 is 0 Å². The van der Waals surface area contributed by atoms with Gasteiger partial charge in [0.1, 0.15) is 29.8 Å². The summed E-state index contributed by atoms with van der Waals surface area (Å²) in [4.78, 5) is 0. The van der Waals surface area contributed by atoms with Crippen LogP contribution in [-0.4, -0.2) is 29.5 Å². The number of furan rings is 1. The molecule has 0 amide bonds. The highest BCUT2D eigenvalue weighted by molar-refractivity contribution is 5.87. The predicted octanol–water partition coefficient (Wildman–Crippen LogP) is 3.14. The van der Waals surface area contributed by atoms with Gasteiger partial charge in [0.05, 0.1) is 6.61 Å². The van der Waals surface area contributed by atoms with Crippen LogP contribution >= 0.6 is 0 Å². The third-order valence-corrected chi connectivity index (χ3v) is 3.59. The number of hydrogen-bond donors (Lipinski definition) is 2. The first kappa shape index (κ1) is 14.6. The molecule has 3 aromatic rings. The smallest absolute Gasteiger partial charge is 0.138 e. The SMILES string of the molecule is Cc1c(-c2cccc(OCC(O)CO)c2)oc2ccccc12. The predicted molar refractivity (Wildman–Crippen MR) is 85.0 cm³/mol. The van der Waals surface area contributed by atoms with Crippen LogP contribution in [0.5, 0.6) is 5.75 Å². The van der Waals surface area contributed by atoms with Crippen molar-refractivity contribution in [1.29, 1.82) is 0 Å². The van der Waals surface area contributed by atoms with Crippen LogP contribution in [0.3, 0.4) is 0 Å². The molecule has 2 N–H and O–H groups in total.